The number of anilines is 1. The lowest BCUT2D eigenvalue weighted by atomic mass is 10.2. The van der Waals surface area contributed by atoms with E-state index in [1.54, 1.807) is 39.4 Å². The Kier molecular flexibility index (Phi) is 3.80. The van der Waals surface area contributed by atoms with E-state index in [9.17, 15) is 4.79 Å². The number of ether oxygens (including phenoxy) is 1. The van der Waals surface area contributed by atoms with Gasteiger partial charge < -0.3 is 10.1 Å². The highest BCUT2D eigenvalue weighted by Crippen LogP contribution is 2.30. The van der Waals surface area contributed by atoms with Crippen molar-refractivity contribution in [2.45, 2.75) is 0 Å². The van der Waals surface area contributed by atoms with Gasteiger partial charge in [-0.3, -0.25) is 4.90 Å². The third kappa shape index (κ3) is 2.53. The predicted molar refractivity (Wildman–Crippen MR) is 60.9 cm³/mol. The molecule has 0 saturated heterocycles. The number of rotatable bonds is 2. The van der Waals surface area contributed by atoms with Crippen molar-refractivity contribution >= 4 is 23.3 Å². The fourth-order valence-corrected chi connectivity index (χ4v) is 1.37. The van der Waals surface area contributed by atoms with Crippen molar-refractivity contribution in [1.29, 1.82) is 0 Å². The van der Waals surface area contributed by atoms with Crippen LogP contribution in [0.5, 0.6) is 5.75 Å². The molecule has 0 atom stereocenters. The third-order valence-corrected chi connectivity index (χ3v) is 2.26. The van der Waals surface area contributed by atoms with Gasteiger partial charge in [0.05, 0.1) is 12.8 Å². The Morgan fingerprint density at radius 3 is 2.73 bits per heavy atom. The van der Waals surface area contributed by atoms with E-state index in [1.165, 1.54) is 4.90 Å². The Labute approximate surface area is 93.8 Å². The molecule has 15 heavy (non-hydrogen) atoms. The number of benzene rings is 1. The van der Waals surface area contributed by atoms with Crippen LogP contribution in [0.15, 0.2) is 18.2 Å². The highest BCUT2D eigenvalue weighted by atomic mass is 35.5. The molecule has 1 aromatic carbocycles. The molecule has 0 unspecified atom stereocenters. The van der Waals surface area contributed by atoms with Crippen LogP contribution in [0, 0.1) is 0 Å². The lowest BCUT2D eigenvalue weighted by Crippen LogP contribution is -2.34. The molecule has 2 amide bonds. The molecule has 82 valence electrons. The van der Waals surface area contributed by atoms with E-state index in [2.05, 4.69) is 5.32 Å². The highest BCUT2D eigenvalue weighted by Gasteiger charge is 2.13. The molecule has 0 spiro atoms. The minimum absolute atomic E-state index is 0.226. The summed E-state index contributed by atoms with van der Waals surface area (Å²) in [5.74, 6) is 0.602. The first kappa shape index (κ1) is 11.7. The van der Waals surface area contributed by atoms with Gasteiger partial charge in [0, 0.05) is 19.1 Å². The van der Waals surface area contributed by atoms with E-state index in [1.807, 2.05) is 0 Å². The van der Waals surface area contributed by atoms with E-state index in [0.29, 0.717) is 16.5 Å². The van der Waals surface area contributed by atoms with Crippen LogP contribution in [0.2, 0.25) is 5.02 Å². The van der Waals surface area contributed by atoms with Crippen LogP contribution in [-0.2, 0) is 0 Å². The molecule has 0 radical (unpaired) electrons. The summed E-state index contributed by atoms with van der Waals surface area (Å²) in [6, 6.07) is 4.88. The fraction of sp³-hybridized carbons (Fsp3) is 0.300. The normalized spacial score (nSPS) is 9.60. The second kappa shape index (κ2) is 4.89. The number of nitrogens with one attached hydrogen (secondary N) is 1. The fourth-order valence-electron chi connectivity index (χ4n) is 1.20. The molecule has 0 saturated carbocycles. The van der Waals surface area contributed by atoms with E-state index in [-0.39, 0.29) is 6.03 Å². The summed E-state index contributed by atoms with van der Waals surface area (Å²) in [5, 5.41) is 3.08. The number of methoxy groups -OCH3 is 1. The second-order valence-electron chi connectivity index (χ2n) is 2.93. The lowest BCUT2D eigenvalue weighted by molar-refractivity contribution is 0.249. The summed E-state index contributed by atoms with van der Waals surface area (Å²) in [7, 11) is 4.76. The van der Waals surface area contributed by atoms with Gasteiger partial charge in [0.15, 0.2) is 0 Å². The smallest absolute Gasteiger partial charge is 0.321 e. The molecule has 0 aromatic heterocycles. The Bertz CT molecular complexity index is 368. The highest BCUT2D eigenvalue weighted by molar-refractivity contribution is 6.31. The van der Waals surface area contributed by atoms with Crippen LogP contribution >= 0.6 is 11.6 Å². The van der Waals surface area contributed by atoms with Crippen molar-refractivity contribution < 1.29 is 9.53 Å². The summed E-state index contributed by atoms with van der Waals surface area (Å²) < 4.78 is 5.14. The molecule has 1 N–H and O–H groups in total. The summed E-state index contributed by atoms with van der Waals surface area (Å²) in [6.45, 7) is 0. The second-order valence-corrected chi connectivity index (χ2v) is 3.37. The maximum absolute atomic E-state index is 11.4. The minimum atomic E-state index is -0.226. The zero-order chi connectivity index (χ0) is 11.4. The number of carbonyl (C=O) groups is 1. The van der Waals surface area contributed by atoms with Crippen molar-refractivity contribution in [2.24, 2.45) is 0 Å². The zero-order valence-electron chi connectivity index (χ0n) is 8.87. The number of amides is 2. The van der Waals surface area contributed by atoms with E-state index in [4.69, 9.17) is 16.3 Å². The van der Waals surface area contributed by atoms with Crippen LogP contribution in [-0.4, -0.2) is 27.2 Å². The monoisotopic (exact) mass is 228 g/mol. The molecular weight excluding hydrogens is 216 g/mol. The molecule has 1 rings (SSSR count). The summed E-state index contributed by atoms with van der Waals surface area (Å²) in [4.78, 5) is 12.8. The van der Waals surface area contributed by atoms with Crippen LogP contribution in [0.25, 0.3) is 0 Å². The van der Waals surface area contributed by atoms with Crippen molar-refractivity contribution in [1.82, 2.24) is 5.32 Å². The zero-order valence-corrected chi connectivity index (χ0v) is 9.63. The third-order valence-electron chi connectivity index (χ3n) is 2.02. The Hall–Kier alpha value is -1.42. The number of hydrogen-bond donors (Lipinski definition) is 1. The first-order valence-electron chi connectivity index (χ1n) is 4.39. The number of halogens is 1. The van der Waals surface area contributed by atoms with Crippen LogP contribution in [0.4, 0.5) is 10.5 Å². The lowest BCUT2D eigenvalue weighted by Gasteiger charge is -2.19. The molecule has 1 aromatic rings. The largest absolute Gasteiger partial charge is 0.495 e. The predicted octanol–water partition coefficient (Wildman–Crippen LogP) is 2.12. The molecule has 0 heterocycles. The topological polar surface area (TPSA) is 41.6 Å². The standard InChI is InChI=1S/C10H13ClN2O2/c1-12-10(14)13(2)8-6-7(11)4-5-9(8)15-3/h4-6H,1-3H3,(H,12,14). The summed E-state index contributed by atoms with van der Waals surface area (Å²) in [6.07, 6.45) is 0. The molecule has 0 bridgehead atoms. The van der Waals surface area contributed by atoms with Crippen LogP contribution in [0.1, 0.15) is 0 Å². The number of hydrogen-bond acceptors (Lipinski definition) is 2. The van der Waals surface area contributed by atoms with Gasteiger partial charge in [-0.25, -0.2) is 4.79 Å². The number of nitrogens with zero attached hydrogens (tertiary/aromatic N) is 1. The first-order chi connectivity index (χ1) is 7.10. The quantitative estimate of drug-likeness (QED) is 0.843. The first-order valence-corrected chi connectivity index (χ1v) is 4.77. The summed E-state index contributed by atoms with van der Waals surface area (Å²) >= 11 is 5.85. The van der Waals surface area contributed by atoms with Gasteiger partial charge in [0.25, 0.3) is 0 Å². The number of urea groups is 1. The van der Waals surface area contributed by atoms with Gasteiger partial charge in [-0.2, -0.15) is 0 Å². The van der Waals surface area contributed by atoms with Crippen molar-refractivity contribution in [3.8, 4) is 5.75 Å². The molecule has 0 aliphatic carbocycles. The van der Waals surface area contributed by atoms with E-state index >= 15 is 0 Å². The van der Waals surface area contributed by atoms with Gasteiger partial charge in [-0.1, -0.05) is 11.6 Å². The Balaban J connectivity index is 3.10. The minimum Gasteiger partial charge on any atom is -0.495 e. The van der Waals surface area contributed by atoms with Gasteiger partial charge >= 0.3 is 6.03 Å². The molecule has 0 aliphatic rings. The Morgan fingerprint density at radius 1 is 1.53 bits per heavy atom. The van der Waals surface area contributed by atoms with Gasteiger partial charge in [-0.05, 0) is 18.2 Å². The SMILES string of the molecule is CNC(=O)N(C)c1cc(Cl)ccc1OC. The van der Waals surface area contributed by atoms with E-state index in [0.717, 1.165) is 0 Å². The summed E-state index contributed by atoms with van der Waals surface area (Å²) in [5.41, 5.74) is 0.629. The maximum atomic E-state index is 11.4. The van der Waals surface area contributed by atoms with Crippen molar-refractivity contribution in [2.75, 3.05) is 26.1 Å². The Morgan fingerprint density at radius 2 is 2.20 bits per heavy atom. The average Bonchev–Trinajstić information content (AvgIpc) is 2.27. The van der Waals surface area contributed by atoms with Crippen molar-refractivity contribution in [3.05, 3.63) is 23.2 Å². The maximum Gasteiger partial charge on any atom is 0.321 e. The van der Waals surface area contributed by atoms with Crippen LogP contribution in [0.3, 0.4) is 0 Å². The molecule has 0 fully saturated rings. The van der Waals surface area contributed by atoms with Gasteiger partial charge in [-0.15, -0.1) is 0 Å². The number of carbonyl (C=O) groups excluding carboxylic acids is 1. The van der Waals surface area contributed by atoms with E-state index < -0.39 is 0 Å². The van der Waals surface area contributed by atoms with Crippen LogP contribution < -0.4 is 15.0 Å². The molecule has 5 heteroatoms. The average molecular weight is 229 g/mol. The van der Waals surface area contributed by atoms with Gasteiger partial charge in [0.1, 0.15) is 5.75 Å². The van der Waals surface area contributed by atoms with Crippen molar-refractivity contribution in [3.63, 3.8) is 0 Å². The molecule has 4 nitrogen and oxygen atoms in total. The molecule has 0 aliphatic heterocycles. The molecular formula is C10H13ClN2O2. The van der Waals surface area contributed by atoms with Gasteiger partial charge in [0.2, 0.25) is 0 Å².